The van der Waals surface area contributed by atoms with Gasteiger partial charge in [-0.05, 0) is 0 Å². The minimum Gasteiger partial charge on any atom is -0.235 e. The van der Waals surface area contributed by atoms with Crippen molar-refractivity contribution in [3.05, 3.63) is 17.6 Å². The summed E-state index contributed by atoms with van der Waals surface area (Å²) < 4.78 is 47.3. The Labute approximate surface area is 48.5 Å². The highest BCUT2D eigenvalue weighted by atomic mass is 19.3. The third-order valence-electron chi connectivity index (χ3n) is 0.995. The van der Waals surface area contributed by atoms with Gasteiger partial charge in [-0.15, -0.1) is 0 Å². The maximum atomic E-state index is 11.9. The van der Waals surface area contributed by atoms with Gasteiger partial charge in [-0.25, -0.2) is 4.39 Å². The first-order valence-corrected chi connectivity index (χ1v) is 2.20. The molecule has 0 aromatic carbocycles. The maximum Gasteiger partial charge on any atom is 0.340 e. The Bertz CT molecular complexity index is 187. The van der Waals surface area contributed by atoms with Crippen molar-refractivity contribution in [3.63, 3.8) is 0 Å². The summed E-state index contributed by atoms with van der Waals surface area (Å²) in [6.45, 7) is 0. The standard InChI is InChI=1S/C5H2F4/c6-3-1-2-4(7)5(3,8)9/h1,3H. The van der Waals surface area contributed by atoms with Crippen molar-refractivity contribution >= 4 is 0 Å². The Morgan fingerprint density at radius 1 is 1.56 bits per heavy atom. The average molecular weight is 138 g/mol. The van der Waals surface area contributed by atoms with Crippen molar-refractivity contribution in [3.8, 4) is 0 Å². The Morgan fingerprint density at radius 2 is 2.11 bits per heavy atom. The maximum absolute atomic E-state index is 11.9. The fraction of sp³-hybridized carbons (Fsp3) is 0.400. The lowest BCUT2D eigenvalue weighted by Crippen LogP contribution is -2.25. The van der Waals surface area contributed by atoms with E-state index in [1.165, 1.54) is 5.73 Å². The molecular weight excluding hydrogens is 136 g/mol. The lowest BCUT2D eigenvalue weighted by atomic mass is 10.2. The number of rotatable bonds is 0. The van der Waals surface area contributed by atoms with E-state index in [4.69, 9.17) is 0 Å². The molecule has 1 rings (SSSR count). The average Bonchev–Trinajstić information content (AvgIpc) is 1.96. The first-order valence-electron chi connectivity index (χ1n) is 2.20. The largest absolute Gasteiger partial charge is 0.340 e. The molecule has 0 nitrogen and oxygen atoms in total. The van der Waals surface area contributed by atoms with Crippen LogP contribution in [0.4, 0.5) is 17.6 Å². The van der Waals surface area contributed by atoms with E-state index >= 15 is 0 Å². The number of allylic oxidation sites excluding steroid dienone is 1. The van der Waals surface area contributed by atoms with Crippen LogP contribution in [-0.2, 0) is 0 Å². The van der Waals surface area contributed by atoms with Crippen LogP contribution in [0.1, 0.15) is 0 Å². The van der Waals surface area contributed by atoms with Gasteiger partial charge in [0.1, 0.15) is 0 Å². The van der Waals surface area contributed by atoms with Crippen LogP contribution < -0.4 is 0 Å². The van der Waals surface area contributed by atoms with Gasteiger partial charge >= 0.3 is 5.92 Å². The molecule has 50 valence electrons. The van der Waals surface area contributed by atoms with Gasteiger partial charge in [0.05, 0.1) is 0 Å². The number of alkyl halides is 3. The molecule has 0 aromatic heterocycles. The molecule has 0 spiro atoms. The smallest absolute Gasteiger partial charge is 0.235 e. The van der Waals surface area contributed by atoms with E-state index in [0.29, 0.717) is 6.08 Å². The Hall–Kier alpha value is -0.760. The van der Waals surface area contributed by atoms with Crippen LogP contribution in [0.2, 0.25) is 0 Å². The molecule has 0 fully saturated rings. The molecule has 0 amide bonds. The zero-order valence-corrected chi connectivity index (χ0v) is 4.17. The summed E-state index contributed by atoms with van der Waals surface area (Å²) in [5, 5.41) is 0. The molecule has 0 aliphatic heterocycles. The molecule has 0 saturated heterocycles. The highest BCUT2D eigenvalue weighted by Crippen LogP contribution is 2.34. The van der Waals surface area contributed by atoms with Crippen LogP contribution in [0.25, 0.3) is 0 Å². The Balaban J connectivity index is 2.91. The van der Waals surface area contributed by atoms with Gasteiger partial charge in [-0.3, -0.25) is 0 Å². The van der Waals surface area contributed by atoms with Crippen molar-refractivity contribution in [1.29, 1.82) is 0 Å². The summed E-state index contributed by atoms with van der Waals surface area (Å²) in [4.78, 5) is 0. The second-order valence-corrected chi connectivity index (χ2v) is 1.65. The van der Waals surface area contributed by atoms with Crippen LogP contribution >= 0.6 is 0 Å². The van der Waals surface area contributed by atoms with E-state index in [2.05, 4.69) is 0 Å². The number of hydrogen-bond acceptors (Lipinski definition) is 0. The van der Waals surface area contributed by atoms with Crippen molar-refractivity contribution in [2.45, 2.75) is 12.1 Å². The van der Waals surface area contributed by atoms with Crippen molar-refractivity contribution in [2.24, 2.45) is 0 Å². The predicted molar refractivity (Wildman–Crippen MR) is 22.5 cm³/mol. The van der Waals surface area contributed by atoms with Gasteiger partial charge in [0.15, 0.2) is 6.17 Å². The third kappa shape index (κ3) is 0.754. The molecule has 0 heterocycles. The predicted octanol–water partition coefficient (Wildman–Crippen LogP) is 1.98. The van der Waals surface area contributed by atoms with Crippen molar-refractivity contribution in [2.75, 3.05) is 0 Å². The van der Waals surface area contributed by atoms with Crippen LogP contribution in [0.15, 0.2) is 17.6 Å². The van der Waals surface area contributed by atoms with E-state index in [-0.39, 0.29) is 0 Å². The topological polar surface area (TPSA) is 0 Å². The van der Waals surface area contributed by atoms with E-state index in [1.807, 2.05) is 0 Å². The highest BCUT2D eigenvalue weighted by molar-refractivity contribution is 5.19. The minimum atomic E-state index is -3.97. The molecule has 1 aliphatic rings. The summed E-state index contributed by atoms with van der Waals surface area (Å²) in [5.74, 6) is -5.80. The lowest BCUT2D eigenvalue weighted by molar-refractivity contribution is -0.0298. The molecule has 4 heteroatoms. The number of halogens is 4. The molecule has 1 aliphatic carbocycles. The van der Waals surface area contributed by atoms with E-state index in [9.17, 15) is 17.6 Å². The second kappa shape index (κ2) is 1.61. The molecular formula is C5H2F4. The molecule has 0 saturated carbocycles. The molecule has 0 bridgehead atoms. The van der Waals surface area contributed by atoms with E-state index < -0.39 is 17.9 Å². The van der Waals surface area contributed by atoms with Crippen LogP contribution in [-0.4, -0.2) is 12.1 Å². The Morgan fingerprint density at radius 3 is 2.22 bits per heavy atom. The zero-order valence-electron chi connectivity index (χ0n) is 4.17. The van der Waals surface area contributed by atoms with E-state index in [1.54, 1.807) is 0 Å². The SMILES string of the molecule is FC1=C=CC(F)C1(F)F. The molecule has 0 aromatic rings. The fourth-order valence-corrected chi connectivity index (χ4v) is 0.468. The van der Waals surface area contributed by atoms with Gasteiger partial charge in [-0.2, -0.15) is 13.2 Å². The zero-order chi connectivity index (χ0) is 7.07. The van der Waals surface area contributed by atoms with Crippen LogP contribution in [0.5, 0.6) is 0 Å². The monoisotopic (exact) mass is 138 g/mol. The van der Waals surface area contributed by atoms with Gasteiger partial charge in [0.2, 0.25) is 5.83 Å². The quantitative estimate of drug-likeness (QED) is 0.354. The summed E-state index contributed by atoms with van der Waals surface area (Å²) in [6, 6.07) is 0. The first kappa shape index (κ1) is 6.36. The van der Waals surface area contributed by atoms with Crippen LogP contribution in [0.3, 0.4) is 0 Å². The summed E-state index contributed by atoms with van der Waals surface area (Å²) >= 11 is 0. The second-order valence-electron chi connectivity index (χ2n) is 1.65. The lowest BCUT2D eigenvalue weighted by Gasteiger charge is -2.08. The Kier molecular flexibility index (Phi) is 1.14. The van der Waals surface area contributed by atoms with Crippen molar-refractivity contribution in [1.82, 2.24) is 0 Å². The third-order valence-corrected chi connectivity index (χ3v) is 0.995. The summed E-state index contributed by atoms with van der Waals surface area (Å²) in [5.41, 5.74) is 1.46. The van der Waals surface area contributed by atoms with Gasteiger partial charge in [0.25, 0.3) is 0 Å². The minimum absolute atomic E-state index is 0.370. The summed E-state index contributed by atoms with van der Waals surface area (Å²) in [6.07, 6.45) is -2.17. The normalized spacial score (nSPS) is 30.7. The fourth-order valence-electron chi connectivity index (χ4n) is 0.468. The molecule has 1 atom stereocenters. The van der Waals surface area contributed by atoms with Gasteiger partial charge in [0, 0.05) is 6.08 Å². The molecule has 0 N–H and O–H groups in total. The van der Waals surface area contributed by atoms with E-state index in [0.717, 1.165) is 0 Å². The molecule has 0 radical (unpaired) electrons. The molecule has 9 heavy (non-hydrogen) atoms. The first-order chi connectivity index (χ1) is 4.05. The van der Waals surface area contributed by atoms with Gasteiger partial charge < -0.3 is 0 Å². The van der Waals surface area contributed by atoms with Crippen molar-refractivity contribution < 1.29 is 17.6 Å². The summed E-state index contributed by atoms with van der Waals surface area (Å²) in [7, 11) is 0. The highest BCUT2D eigenvalue weighted by Gasteiger charge is 2.47. The number of hydrogen-bond donors (Lipinski definition) is 0. The van der Waals surface area contributed by atoms with Crippen LogP contribution in [0, 0.1) is 0 Å². The van der Waals surface area contributed by atoms with Gasteiger partial charge in [-0.1, -0.05) is 5.73 Å². The molecule has 1 unspecified atom stereocenters.